The molecule has 0 bridgehead atoms. The van der Waals surface area contributed by atoms with Gasteiger partial charge >= 0.3 is 5.97 Å². The minimum Gasteiger partial charge on any atom is -0.478 e. The van der Waals surface area contributed by atoms with Gasteiger partial charge in [0.15, 0.2) is 0 Å². The summed E-state index contributed by atoms with van der Waals surface area (Å²) in [6, 6.07) is 9.52. The first-order chi connectivity index (χ1) is 8.97. The van der Waals surface area contributed by atoms with E-state index >= 15 is 0 Å². The van der Waals surface area contributed by atoms with E-state index in [1.165, 1.54) is 12.1 Å². The molecule has 5 heteroatoms. The standard InChI is InChI=1S/C14H10Cl2O3/c1-8-2-3-9(14(17)18)6-13(8)19-12-5-4-10(15)7-11(12)16/h2-7H,1H3,(H,17,18). The van der Waals surface area contributed by atoms with Crippen molar-refractivity contribution in [3.63, 3.8) is 0 Å². The van der Waals surface area contributed by atoms with Crippen LogP contribution in [0.4, 0.5) is 0 Å². The summed E-state index contributed by atoms with van der Waals surface area (Å²) in [5.74, 6) is -0.132. The summed E-state index contributed by atoms with van der Waals surface area (Å²) in [6.07, 6.45) is 0. The van der Waals surface area contributed by atoms with Gasteiger partial charge in [-0.15, -0.1) is 0 Å². The number of benzene rings is 2. The third kappa shape index (κ3) is 3.19. The fourth-order valence-corrected chi connectivity index (χ4v) is 1.97. The van der Waals surface area contributed by atoms with Crippen molar-refractivity contribution in [2.24, 2.45) is 0 Å². The van der Waals surface area contributed by atoms with Crippen LogP contribution in [0.2, 0.25) is 10.0 Å². The molecule has 0 radical (unpaired) electrons. The number of carbonyl (C=O) groups is 1. The van der Waals surface area contributed by atoms with Crippen molar-refractivity contribution < 1.29 is 14.6 Å². The van der Waals surface area contributed by atoms with Gasteiger partial charge in [-0.25, -0.2) is 4.79 Å². The fraction of sp³-hybridized carbons (Fsp3) is 0.0714. The first kappa shape index (κ1) is 13.7. The zero-order valence-electron chi connectivity index (χ0n) is 9.98. The summed E-state index contributed by atoms with van der Waals surface area (Å²) in [7, 11) is 0. The SMILES string of the molecule is Cc1ccc(C(=O)O)cc1Oc1ccc(Cl)cc1Cl. The number of halogens is 2. The van der Waals surface area contributed by atoms with Crippen molar-refractivity contribution in [2.75, 3.05) is 0 Å². The Bertz CT molecular complexity index is 639. The monoisotopic (exact) mass is 296 g/mol. The van der Waals surface area contributed by atoms with E-state index < -0.39 is 5.97 Å². The van der Waals surface area contributed by atoms with Gasteiger partial charge in [0.25, 0.3) is 0 Å². The van der Waals surface area contributed by atoms with E-state index in [1.807, 2.05) is 6.92 Å². The second kappa shape index (κ2) is 5.51. The molecule has 0 heterocycles. The number of hydrogen-bond donors (Lipinski definition) is 1. The summed E-state index contributed by atoms with van der Waals surface area (Å²) < 4.78 is 5.63. The Kier molecular flexibility index (Phi) is 3.98. The second-order valence-electron chi connectivity index (χ2n) is 3.96. The third-order valence-electron chi connectivity index (χ3n) is 2.55. The van der Waals surface area contributed by atoms with E-state index in [0.717, 1.165) is 5.56 Å². The van der Waals surface area contributed by atoms with E-state index in [0.29, 0.717) is 21.5 Å². The predicted molar refractivity (Wildman–Crippen MR) is 74.7 cm³/mol. The lowest BCUT2D eigenvalue weighted by atomic mass is 10.1. The van der Waals surface area contributed by atoms with Crippen LogP contribution in [0.1, 0.15) is 15.9 Å². The van der Waals surface area contributed by atoms with Gasteiger partial charge in [0.2, 0.25) is 0 Å². The maximum atomic E-state index is 10.9. The molecule has 0 saturated carbocycles. The topological polar surface area (TPSA) is 46.5 Å². The summed E-state index contributed by atoms with van der Waals surface area (Å²) in [4.78, 5) is 10.9. The van der Waals surface area contributed by atoms with Crippen molar-refractivity contribution in [2.45, 2.75) is 6.92 Å². The van der Waals surface area contributed by atoms with Crippen molar-refractivity contribution in [1.29, 1.82) is 0 Å². The molecule has 0 aliphatic rings. The summed E-state index contributed by atoms with van der Waals surface area (Å²) in [5, 5.41) is 9.83. The first-order valence-corrected chi connectivity index (χ1v) is 6.20. The molecule has 0 saturated heterocycles. The lowest BCUT2D eigenvalue weighted by molar-refractivity contribution is 0.0696. The molecule has 2 aromatic rings. The van der Waals surface area contributed by atoms with Gasteiger partial charge in [0.1, 0.15) is 11.5 Å². The Morgan fingerprint density at radius 2 is 1.84 bits per heavy atom. The van der Waals surface area contributed by atoms with Gasteiger partial charge in [-0.3, -0.25) is 0 Å². The summed E-state index contributed by atoms with van der Waals surface area (Å²) in [5.41, 5.74) is 0.974. The van der Waals surface area contributed by atoms with E-state index in [1.54, 1.807) is 24.3 Å². The molecule has 1 N–H and O–H groups in total. The number of hydrogen-bond acceptors (Lipinski definition) is 2. The number of aryl methyl sites for hydroxylation is 1. The Balaban J connectivity index is 2.37. The molecule has 0 aliphatic heterocycles. The zero-order valence-corrected chi connectivity index (χ0v) is 11.5. The Hall–Kier alpha value is -1.71. The fourth-order valence-electron chi connectivity index (χ4n) is 1.52. The number of rotatable bonds is 3. The maximum absolute atomic E-state index is 10.9. The Morgan fingerprint density at radius 3 is 2.47 bits per heavy atom. The molecule has 2 rings (SSSR count). The lowest BCUT2D eigenvalue weighted by Gasteiger charge is -2.11. The van der Waals surface area contributed by atoms with Crippen molar-refractivity contribution in [3.8, 4) is 11.5 Å². The molecule has 98 valence electrons. The van der Waals surface area contributed by atoms with Gasteiger partial charge in [0.05, 0.1) is 10.6 Å². The van der Waals surface area contributed by atoms with Crippen LogP contribution < -0.4 is 4.74 Å². The van der Waals surface area contributed by atoms with Gasteiger partial charge < -0.3 is 9.84 Å². The predicted octanol–water partition coefficient (Wildman–Crippen LogP) is 4.79. The van der Waals surface area contributed by atoms with Crippen LogP contribution in [0.25, 0.3) is 0 Å². The number of ether oxygens (including phenoxy) is 1. The minimum atomic E-state index is -1.01. The summed E-state index contributed by atoms with van der Waals surface area (Å²) in [6.45, 7) is 1.82. The molecule has 19 heavy (non-hydrogen) atoms. The van der Waals surface area contributed by atoms with Crippen LogP contribution in [0.5, 0.6) is 11.5 Å². The van der Waals surface area contributed by atoms with E-state index in [9.17, 15) is 4.79 Å². The van der Waals surface area contributed by atoms with Crippen LogP contribution in [0.3, 0.4) is 0 Å². The molecular weight excluding hydrogens is 287 g/mol. The Morgan fingerprint density at radius 1 is 1.11 bits per heavy atom. The highest BCUT2D eigenvalue weighted by atomic mass is 35.5. The van der Waals surface area contributed by atoms with Crippen LogP contribution in [-0.2, 0) is 0 Å². The molecule has 0 aliphatic carbocycles. The van der Waals surface area contributed by atoms with E-state index in [2.05, 4.69) is 0 Å². The summed E-state index contributed by atoms with van der Waals surface area (Å²) >= 11 is 11.8. The van der Waals surface area contributed by atoms with Crippen LogP contribution >= 0.6 is 23.2 Å². The van der Waals surface area contributed by atoms with Crippen LogP contribution in [0, 0.1) is 6.92 Å². The van der Waals surface area contributed by atoms with Gasteiger partial charge in [0, 0.05) is 5.02 Å². The molecule has 0 amide bonds. The van der Waals surface area contributed by atoms with Crippen LogP contribution in [-0.4, -0.2) is 11.1 Å². The molecule has 0 unspecified atom stereocenters. The largest absolute Gasteiger partial charge is 0.478 e. The minimum absolute atomic E-state index is 0.158. The molecule has 2 aromatic carbocycles. The van der Waals surface area contributed by atoms with Crippen molar-refractivity contribution in [1.82, 2.24) is 0 Å². The molecular formula is C14H10Cl2O3. The molecule has 0 aromatic heterocycles. The molecule has 0 fully saturated rings. The van der Waals surface area contributed by atoms with Gasteiger partial charge in [-0.2, -0.15) is 0 Å². The highest BCUT2D eigenvalue weighted by molar-refractivity contribution is 6.35. The average molecular weight is 297 g/mol. The highest BCUT2D eigenvalue weighted by Crippen LogP contribution is 2.33. The van der Waals surface area contributed by atoms with Crippen molar-refractivity contribution >= 4 is 29.2 Å². The molecule has 0 spiro atoms. The van der Waals surface area contributed by atoms with Crippen molar-refractivity contribution in [3.05, 3.63) is 57.6 Å². The number of aromatic carboxylic acids is 1. The smallest absolute Gasteiger partial charge is 0.335 e. The maximum Gasteiger partial charge on any atom is 0.335 e. The quantitative estimate of drug-likeness (QED) is 0.885. The number of carboxylic acid groups (broad SMARTS) is 1. The first-order valence-electron chi connectivity index (χ1n) is 5.44. The number of carboxylic acids is 1. The third-order valence-corrected chi connectivity index (χ3v) is 3.08. The van der Waals surface area contributed by atoms with E-state index in [-0.39, 0.29) is 5.56 Å². The second-order valence-corrected chi connectivity index (χ2v) is 4.81. The Labute approximate surface area is 120 Å². The lowest BCUT2D eigenvalue weighted by Crippen LogP contribution is -1.97. The van der Waals surface area contributed by atoms with E-state index in [4.69, 9.17) is 33.0 Å². The van der Waals surface area contributed by atoms with Gasteiger partial charge in [-0.05, 0) is 42.8 Å². The average Bonchev–Trinajstić information content (AvgIpc) is 2.34. The highest BCUT2D eigenvalue weighted by Gasteiger charge is 2.10. The van der Waals surface area contributed by atoms with Crippen LogP contribution in [0.15, 0.2) is 36.4 Å². The normalized spacial score (nSPS) is 10.3. The molecule has 3 nitrogen and oxygen atoms in total. The zero-order chi connectivity index (χ0) is 14.0. The van der Waals surface area contributed by atoms with Gasteiger partial charge in [-0.1, -0.05) is 29.3 Å². The molecule has 0 atom stereocenters.